The first kappa shape index (κ1) is 25.3. The van der Waals surface area contributed by atoms with Crippen LogP contribution < -0.4 is 14.4 Å². The van der Waals surface area contributed by atoms with Crippen molar-refractivity contribution in [1.82, 2.24) is 0 Å². The summed E-state index contributed by atoms with van der Waals surface area (Å²) in [7, 11) is 1.47. The van der Waals surface area contributed by atoms with Crippen LogP contribution in [0.1, 0.15) is 31.0 Å². The van der Waals surface area contributed by atoms with E-state index >= 15 is 0 Å². The van der Waals surface area contributed by atoms with Gasteiger partial charge in [0.1, 0.15) is 23.1 Å². The van der Waals surface area contributed by atoms with Gasteiger partial charge in [0.25, 0.3) is 11.7 Å². The smallest absolute Gasteiger partial charge is 0.300 e. The topological polar surface area (TPSA) is 76.1 Å². The number of para-hydroxylation sites is 1. The fourth-order valence-corrected chi connectivity index (χ4v) is 4.25. The number of Topliss-reactive ketones (excluding diaryl/α,β-unsaturated/α-hetero) is 1. The van der Waals surface area contributed by atoms with Crippen molar-refractivity contribution in [2.24, 2.45) is 5.92 Å². The second-order valence-corrected chi connectivity index (χ2v) is 9.15. The van der Waals surface area contributed by atoms with E-state index in [0.717, 1.165) is 6.07 Å². The average molecular weight is 510 g/mol. The molecule has 36 heavy (non-hydrogen) atoms. The maximum absolute atomic E-state index is 13.9. The normalized spacial score (nSPS) is 17.1. The number of halogens is 2. The molecule has 0 saturated carbocycles. The second kappa shape index (κ2) is 10.4. The summed E-state index contributed by atoms with van der Waals surface area (Å²) in [4.78, 5) is 27.8. The number of methoxy groups -OCH3 is 1. The largest absolute Gasteiger partial charge is 0.507 e. The monoisotopic (exact) mass is 509 g/mol. The average Bonchev–Trinajstić information content (AvgIpc) is 3.14. The number of nitrogens with zero attached hydrogens (tertiary/aromatic N) is 1. The van der Waals surface area contributed by atoms with Crippen LogP contribution in [-0.4, -0.2) is 30.5 Å². The Morgan fingerprint density at radius 1 is 1.08 bits per heavy atom. The molecule has 4 rings (SSSR count). The molecular formula is C28H25ClFNO5. The number of hydrogen-bond donors (Lipinski definition) is 1. The maximum Gasteiger partial charge on any atom is 0.300 e. The minimum Gasteiger partial charge on any atom is -0.507 e. The van der Waals surface area contributed by atoms with Crippen LogP contribution in [0.3, 0.4) is 0 Å². The summed E-state index contributed by atoms with van der Waals surface area (Å²) in [5.74, 6) is -1.59. The molecule has 8 heteroatoms. The van der Waals surface area contributed by atoms with Crippen LogP contribution >= 0.6 is 11.6 Å². The first-order valence-electron chi connectivity index (χ1n) is 11.3. The highest BCUT2D eigenvalue weighted by Gasteiger charge is 2.48. The summed E-state index contributed by atoms with van der Waals surface area (Å²) in [6.45, 7) is 4.50. The third kappa shape index (κ3) is 4.79. The van der Waals surface area contributed by atoms with Gasteiger partial charge in [0.15, 0.2) is 0 Å². The van der Waals surface area contributed by atoms with E-state index in [-0.39, 0.29) is 22.0 Å². The van der Waals surface area contributed by atoms with Crippen LogP contribution in [0, 0.1) is 11.7 Å². The molecule has 1 N–H and O–H groups in total. The summed E-state index contributed by atoms with van der Waals surface area (Å²) in [5, 5.41) is 11.2. The molecule has 0 bridgehead atoms. The van der Waals surface area contributed by atoms with E-state index in [1.54, 1.807) is 48.5 Å². The van der Waals surface area contributed by atoms with Crippen LogP contribution in [-0.2, 0) is 9.59 Å². The molecule has 1 atom stereocenters. The minimum atomic E-state index is -1.05. The van der Waals surface area contributed by atoms with Gasteiger partial charge in [0, 0.05) is 16.8 Å². The van der Waals surface area contributed by atoms with Gasteiger partial charge in [-0.15, -0.1) is 0 Å². The lowest BCUT2D eigenvalue weighted by atomic mass is 9.94. The number of rotatable bonds is 7. The molecule has 1 aliphatic rings. The zero-order valence-corrected chi connectivity index (χ0v) is 20.8. The Hall–Kier alpha value is -3.84. The third-order valence-corrected chi connectivity index (χ3v) is 6.04. The van der Waals surface area contributed by atoms with Gasteiger partial charge < -0.3 is 14.6 Å². The Balaban J connectivity index is 1.91. The van der Waals surface area contributed by atoms with Crippen molar-refractivity contribution in [2.45, 2.75) is 19.9 Å². The fourth-order valence-electron chi connectivity index (χ4n) is 4.07. The van der Waals surface area contributed by atoms with Gasteiger partial charge in [0.05, 0.1) is 30.4 Å². The number of aliphatic hydroxyl groups is 1. The Morgan fingerprint density at radius 3 is 2.53 bits per heavy atom. The molecule has 3 aromatic carbocycles. The van der Waals surface area contributed by atoms with Gasteiger partial charge in [-0.25, -0.2) is 4.39 Å². The van der Waals surface area contributed by atoms with Crippen LogP contribution in [0.4, 0.5) is 10.1 Å². The zero-order chi connectivity index (χ0) is 26.0. The summed E-state index contributed by atoms with van der Waals surface area (Å²) in [6, 6.07) is 16.2. The lowest BCUT2D eigenvalue weighted by Crippen LogP contribution is -2.29. The molecule has 0 aromatic heterocycles. The lowest BCUT2D eigenvalue weighted by Gasteiger charge is -2.26. The van der Waals surface area contributed by atoms with Crippen LogP contribution in [0.2, 0.25) is 5.02 Å². The van der Waals surface area contributed by atoms with E-state index in [4.69, 9.17) is 21.1 Å². The highest BCUT2D eigenvalue weighted by molar-refractivity contribution is 6.52. The number of carbonyl (C=O) groups excluding carboxylic acids is 2. The Morgan fingerprint density at radius 2 is 1.83 bits per heavy atom. The minimum absolute atomic E-state index is 0.133. The van der Waals surface area contributed by atoms with E-state index in [0.29, 0.717) is 35.2 Å². The van der Waals surface area contributed by atoms with Gasteiger partial charge in [-0.3, -0.25) is 14.5 Å². The summed E-state index contributed by atoms with van der Waals surface area (Å²) >= 11 is 5.99. The van der Waals surface area contributed by atoms with E-state index in [1.165, 1.54) is 24.1 Å². The number of amides is 1. The number of ketones is 1. The van der Waals surface area contributed by atoms with Crippen molar-refractivity contribution in [1.29, 1.82) is 0 Å². The van der Waals surface area contributed by atoms with Gasteiger partial charge >= 0.3 is 0 Å². The quantitative estimate of drug-likeness (QED) is 0.235. The number of benzene rings is 3. The fraction of sp³-hybridized carbons (Fsp3) is 0.214. The molecule has 1 fully saturated rings. The summed E-state index contributed by atoms with van der Waals surface area (Å²) in [5.41, 5.74) is 0.845. The SMILES string of the molecule is COc1ccccc1C1/C(=C(\O)c2cccc(OCC(C)C)c2)C(=O)C(=O)N1c1ccc(F)c(Cl)c1. The van der Waals surface area contributed by atoms with E-state index in [2.05, 4.69) is 0 Å². The Bertz CT molecular complexity index is 1350. The Labute approximate surface area is 213 Å². The number of ether oxygens (including phenoxy) is 2. The summed E-state index contributed by atoms with van der Waals surface area (Å²) in [6.07, 6.45) is 0. The molecule has 1 aliphatic heterocycles. The van der Waals surface area contributed by atoms with Gasteiger partial charge in [-0.05, 0) is 42.3 Å². The number of carbonyl (C=O) groups is 2. The van der Waals surface area contributed by atoms with Gasteiger partial charge in [0.2, 0.25) is 0 Å². The predicted octanol–water partition coefficient (Wildman–Crippen LogP) is 6.15. The van der Waals surface area contributed by atoms with Gasteiger partial charge in [-0.2, -0.15) is 0 Å². The number of anilines is 1. The maximum atomic E-state index is 13.9. The predicted molar refractivity (Wildman–Crippen MR) is 136 cm³/mol. The molecule has 3 aromatic rings. The molecule has 1 unspecified atom stereocenters. The zero-order valence-electron chi connectivity index (χ0n) is 20.0. The van der Waals surface area contributed by atoms with Crippen molar-refractivity contribution in [3.63, 3.8) is 0 Å². The van der Waals surface area contributed by atoms with E-state index in [9.17, 15) is 19.1 Å². The number of aliphatic hydroxyl groups excluding tert-OH is 1. The highest BCUT2D eigenvalue weighted by atomic mass is 35.5. The third-order valence-electron chi connectivity index (χ3n) is 5.75. The standard InChI is InChI=1S/C28H25ClFNO5/c1-16(2)15-36-19-8-6-7-17(13-19)26(32)24-25(20-9-4-5-10-23(20)35-3)31(28(34)27(24)33)18-11-12-22(30)21(29)14-18/h4-14,16,25,32H,15H2,1-3H3/b26-24+. The first-order chi connectivity index (χ1) is 17.2. The molecule has 0 aliphatic carbocycles. The second-order valence-electron chi connectivity index (χ2n) is 8.74. The molecule has 1 heterocycles. The van der Waals surface area contributed by atoms with Crippen molar-refractivity contribution >= 4 is 34.7 Å². The highest BCUT2D eigenvalue weighted by Crippen LogP contribution is 2.45. The van der Waals surface area contributed by atoms with Crippen molar-refractivity contribution in [3.05, 3.63) is 94.3 Å². The Kier molecular flexibility index (Phi) is 7.31. The van der Waals surface area contributed by atoms with Crippen LogP contribution in [0.15, 0.2) is 72.3 Å². The molecular weight excluding hydrogens is 485 g/mol. The van der Waals surface area contributed by atoms with Crippen LogP contribution in [0.25, 0.3) is 5.76 Å². The molecule has 1 saturated heterocycles. The molecule has 0 radical (unpaired) electrons. The van der Waals surface area contributed by atoms with Crippen molar-refractivity contribution < 1.29 is 28.6 Å². The molecule has 0 spiro atoms. The van der Waals surface area contributed by atoms with Crippen LogP contribution in [0.5, 0.6) is 11.5 Å². The lowest BCUT2D eigenvalue weighted by molar-refractivity contribution is -0.132. The molecule has 186 valence electrons. The first-order valence-corrected chi connectivity index (χ1v) is 11.7. The van der Waals surface area contributed by atoms with Crippen molar-refractivity contribution in [2.75, 3.05) is 18.6 Å². The van der Waals surface area contributed by atoms with Crippen molar-refractivity contribution in [3.8, 4) is 11.5 Å². The van der Waals surface area contributed by atoms with Gasteiger partial charge in [-0.1, -0.05) is 55.8 Å². The summed E-state index contributed by atoms with van der Waals surface area (Å²) < 4.78 is 25.2. The van der Waals surface area contributed by atoms with E-state index in [1.807, 2.05) is 13.8 Å². The van der Waals surface area contributed by atoms with E-state index < -0.39 is 23.5 Å². The molecule has 6 nitrogen and oxygen atoms in total. The number of hydrogen-bond acceptors (Lipinski definition) is 5. The molecule has 1 amide bonds.